The van der Waals surface area contributed by atoms with Crippen molar-refractivity contribution in [3.05, 3.63) is 23.8 Å². The normalized spacial score (nSPS) is 40.9. The number of hydrogen-bond acceptors (Lipinski definition) is 7. The van der Waals surface area contributed by atoms with Crippen LogP contribution in [0.1, 0.15) is 145 Å². The Morgan fingerprint density at radius 3 is 2.35 bits per heavy atom. The third kappa shape index (κ3) is 6.31. The Morgan fingerprint density at radius 1 is 1.06 bits per heavy atom. The van der Waals surface area contributed by atoms with Crippen molar-refractivity contribution in [1.82, 2.24) is 20.1 Å². The first-order valence-corrected chi connectivity index (χ1v) is 21.0. The fraction of sp³-hybridized carbons (Fsp3) is 0.864. The summed E-state index contributed by atoms with van der Waals surface area (Å²) in [5, 5.41) is 19.0. The number of carbonyl (C=O) groups excluding carboxylic acids is 1. The van der Waals surface area contributed by atoms with Crippen molar-refractivity contribution in [3.8, 4) is 0 Å². The number of amides is 1. The van der Waals surface area contributed by atoms with Gasteiger partial charge in [-0.2, -0.15) is 0 Å². The van der Waals surface area contributed by atoms with Crippen LogP contribution >= 0.6 is 0 Å². The first-order chi connectivity index (χ1) is 24.9. The van der Waals surface area contributed by atoms with Crippen molar-refractivity contribution in [2.75, 3.05) is 26.4 Å². The summed E-state index contributed by atoms with van der Waals surface area (Å²) in [6.45, 7) is 30.8. The lowest BCUT2D eigenvalue weighted by atomic mass is 9.34. The van der Waals surface area contributed by atoms with Gasteiger partial charge in [-0.25, -0.2) is 9.67 Å². The van der Waals surface area contributed by atoms with Gasteiger partial charge in [0.15, 0.2) is 0 Å². The maximum atomic E-state index is 13.5. The van der Waals surface area contributed by atoms with E-state index in [4.69, 9.17) is 20.3 Å². The first-order valence-electron chi connectivity index (χ1n) is 21.0. The molecule has 2 heterocycles. The van der Waals surface area contributed by atoms with Gasteiger partial charge in [0.05, 0.1) is 37.9 Å². The molecule has 10 nitrogen and oxygen atoms in total. The van der Waals surface area contributed by atoms with E-state index < -0.39 is 22.8 Å². The minimum atomic E-state index is -0.643. The monoisotopic (exact) mass is 752 g/mol. The SMILES string of the molecule is CC(C)[C@@H](C)[C@@]1(C)CC[C@]2(C)[C@H]3CC[C@@H]4C5(COC[C@]4(C)[C@@H](OC[C@](C)(N)C(C)C)[C@H](n4cnc(C(=O)NCC(C)(C)C)n4)C5)C3=CC[C@@]2(C)[C@@H]1C(=O)O. The van der Waals surface area contributed by atoms with Gasteiger partial charge < -0.3 is 25.6 Å². The standard InChI is InChI=1S/C44H73N5O5/c1-26(2)28(5)39(9)18-19-41(11)29-14-15-32-40(10)22-53-24-44(32,30(29)16-17-42(41,12)33(39)37(51)52)20-31(34(40)54-23-43(13,45)27(3)4)49-25-47-35(48-49)36(50)46-21-38(6,7)8/h16,25-29,31-34H,14-15,17-24,45H2,1-13H3,(H,46,50)(H,51,52)/t28-,29+,31-,32+,33-,34+,39-,40+,41-,42+,43+,44?/m1/s1. The van der Waals surface area contributed by atoms with Crippen LogP contribution in [0.25, 0.3) is 0 Å². The number of ether oxygens (including phenoxy) is 2. The zero-order chi connectivity index (χ0) is 40.0. The Labute approximate surface area is 325 Å². The van der Waals surface area contributed by atoms with E-state index in [0.29, 0.717) is 38.2 Å². The van der Waals surface area contributed by atoms with Crippen LogP contribution in [-0.4, -0.2) is 69.8 Å². The van der Waals surface area contributed by atoms with Gasteiger partial charge in [-0.1, -0.05) is 94.7 Å². The molecule has 4 fully saturated rings. The molecule has 1 saturated heterocycles. The Kier molecular flexibility index (Phi) is 10.5. The minimum absolute atomic E-state index is 0.0713. The number of nitrogens with one attached hydrogen (secondary N) is 1. The van der Waals surface area contributed by atoms with Crippen molar-refractivity contribution in [3.63, 3.8) is 0 Å². The average Bonchev–Trinajstić information content (AvgIpc) is 3.56. The fourth-order valence-electron chi connectivity index (χ4n) is 12.5. The molecule has 1 aromatic heterocycles. The summed E-state index contributed by atoms with van der Waals surface area (Å²) >= 11 is 0. The van der Waals surface area contributed by atoms with E-state index in [0.717, 1.165) is 38.5 Å². The van der Waals surface area contributed by atoms with Gasteiger partial charge in [0.2, 0.25) is 5.82 Å². The number of fused-ring (bicyclic) bond motifs is 3. The highest BCUT2D eigenvalue weighted by atomic mass is 16.5. The van der Waals surface area contributed by atoms with E-state index in [2.05, 4.69) is 106 Å². The summed E-state index contributed by atoms with van der Waals surface area (Å²) in [4.78, 5) is 31.4. The quantitative estimate of drug-likeness (QED) is 0.205. The number of hydrogen-bond donors (Lipinski definition) is 3. The van der Waals surface area contributed by atoms with E-state index in [1.165, 1.54) is 5.57 Å². The molecule has 12 atom stereocenters. The van der Waals surface area contributed by atoms with Gasteiger partial charge in [0, 0.05) is 22.9 Å². The van der Waals surface area contributed by atoms with Gasteiger partial charge in [-0.05, 0) is 96.7 Å². The largest absolute Gasteiger partial charge is 0.481 e. The van der Waals surface area contributed by atoms with Crippen molar-refractivity contribution >= 4 is 11.9 Å². The summed E-state index contributed by atoms with van der Waals surface area (Å²) < 4.78 is 15.7. The van der Waals surface area contributed by atoms with E-state index in [9.17, 15) is 14.7 Å². The van der Waals surface area contributed by atoms with Gasteiger partial charge in [0.1, 0.15) is 6.33 Å². The van der Waals surface area contributed by atoms with Crippen LogP contribution in [0.15, 0.2) is 18.0 Å². The predicted molar refractivity (Wildman–Crippen MR) is 212 cm³/mol. The van der Waals surface area contributed by atoms with E-state index in [1.54, 1.807) is 6.33 Å². The molecule has 3 saturated carbocycles. The number of nitrogens with two attached hydrogens (primary N) is 1. The van der Waals surface area contributed by atoms with E-state index >= 15 is 0 Å². The molecule has 4 N–H and O–H groups in total. The van der Waals surface area contributed by atoms with Crippen LogP contribution in [0.2, 0.25) is 0 Å². The average molecular weight is 752 g/mol. The molecule has 2 bridgehead atoms. The van der Waals surface area contributed by atoms with Crippen molar-refractivity contribution in [2.45, 2.75) is 146 Å². The number of allylic oxidation sites excluding steroid dienone is 1. The highest BCUT2D eigenvalue weighted by Crippen LogP contribution is 2.75. The Morgan fingerprint density at radius 2 is 1.74 bits per heavy atom. The van der Waals surface area contributed by atoms with E-state index in [-0.39, 0.29) is 68.7 Å². The lowest BCUT2D eigenvalue weighted by Gasteiger charge is -2.71. The maximum Gasteiger partial charge on any atom is 0.307 e. The van der Waals surface area contributed by atoms with Gasteiger partial charge >= 0.3 is 5.97 Å². The summed E-state index contributed by atoms with van der Waals surface area (Å²) in [5.41, 5.74) is 6.20. The van der Waals surface area contributed by atoms with Crippen molar-refractivity contribution < 1.29 is 24.2 Å². The molecule has 1 unspecified atom stereocenters. The third-order valence-electron chi connectivity index (χ3n) is 16.8. The third-order valence-corrected chi connectivity index (χ3v) is 16.8. The zero-order valence-corrected chi connectivity index (χ0v) is 35.8. The number of aliphatic carboxylic acids is 1. The van der Waals surface area contributed by atoms with Gasteiger partial charge in [-0.15, -0.1) is 5.10 Å². The number of nitrogens with zero attached hydrogens (tertiary/aromatic N) is 3. The summed E-state index contributed by atoms with van der Waals surface area (Å²) in [7, 11) is 0. The fourth-order valence-corrected chi connectivity index (χ4v) is 12.5. The second kappa shape index (κ2) is 13.7. The molecule has 10 heteroatoms. The molecular formula is C44H73N5O5. The number of carbonyl (C=O) groups is 2. The summed E-state index contributed by atoms with van der Waals surface area (Å²) in [6.07, 6.45) is 9.40. The molecule has 304 valence electrons. The number of carboxylic acids is 1. The topological polar surface area (TPSA) is 142 Å². The molecule has 5 aliphatic rings. The van der Waals surface area contributed by atoms with Gasteiger partial charge in [0.25, 0.3) is 5.91 Å². The molecule has 0 spiro atoms. The molecule has 6 rings (SSSR count). The predicted octanol–water partition coefficient (Wildman–Crippen LogP) is 7.94. The smallest absolute Gasteiger partial charge is 0.307 e. The number of rotatable bonds is 10. The molecule has 0 aromatic carbocycles. The second-order valence-corrected chi connectivity index (χ2v) is 21.8. The van der Waals surface area contributed by atoms with Crippen LogP contribution in [0.4, 0.5) is 0 Å². The molecule has 4 aliphatic carbocycles. The van der Waals surface area contributed by atoms with Crippen LogP contribution in [0.5, 0.6) is 0 Å². The molecule has 1 aliphatic heterocycles. The highest BCUT2D eigenvalue weighted by Gasteiger charge is 2.72. The molecule has 0 radical (unpaired) electrons. The molecule has 1 amide bonds. The Bertz CT molecular complexity index is 1630. The first kappa shape index (κ1) is 41.3. The molecular weight excluding hydrogens is 679 g/mol. The highest BCUT2D eigenvalue weighted by molar-refractivity contribution is 5.90. The van der Waals surface area contributed by atoms with Crippen LogP contribution in [-0.2, 0) is 14.3 Å². The second-order valence-electron chi connectivity index (χ2n) is 21.8. The number of aromatic nitrogens is 3. The number of carboxylic acid groups (broad SMARTS) is 1. The van der Waals surface area contributed by atoms with Crippen molar-refractivity contribution in [1.29, 1.82) is 0 Å². The molecule has 1 aromatic rings. The Balaban J connectivity index is 1.43. The van der Waals surface area contributed by atoms with Gasteiger partial charge in [-0.3, -0.25) is 9.59 Å². The Hall–Kier alpha value is -2.30. The summed E-state index contributed by atoms with van der Waals surface area (Å²) in [6, 6.07) is -0.205. The minimum Gasteiger partial charge on any atom is -0.481 e. The summed E-state index contributed by atoms with van der Waals surface area (Å²) in [5.74, 6) is 0.267. The van der Waals surface area contributed by atoms with Crippen LogP contribution < -0.4 is 11.1 Å². The van der Waals surface area contributed by atoms with Crippen molar-refractivity contribution in [2.24, 2.45) is 73.7 Å². The van der Waals surface area contributed by atoms with Crippen LogP contribution in [0.3, 0.4) is 0 Å². The maximum absolute atomic E-state index is 13.5. The zero-order valence-electron chi connectivity index (χ0n) is 35.8. The van der Waals surface area contributed by atoms with E-state index in [1.807, 2.05) is 4.68 Å². The molecule has 54 heavy (non-hydrogen) atoms. The lowest BCUT2D eigenvalue weighted by molar-refractivity contribution is -0.252. The van der Waals surface area contributed by atoms with Crippen LogP contribution in [0, 0.1) is 68.0 Å². The lowest BCUT2D eigenvalue weighted by Crippen LogP contribution is -2.69.